The van der Waals surface area contributed by atoms with Crippen LogP contribution in [0.25, 0.3) is 0 Å². The predicted octanol–water partition coefficient (Wildman–Crippen LogP) is 7.64. The summed E-state index contributed by atoms with van der Waals surface area (Å²) in [7, 11) is 0. The summed E-state index contributed by atoms with van der Waals surface area (Å²) in [5, 5.41) is 0. The quantitative estimate of drug-likeness (QED) is 0.364. The molecule has 130 valence electrons. The number of allylic oxidation sites excluding steroid dienone is 1. The van der Waals surface area contributed by atoms with E-state index in [0.29, 0.717) is 16.2 Å². The van der Waals surface area contributed by atoms with Gasteiger partial charge < -0.3 is 0 Å². The first-order valence-electron chi connectivity index (χ1n) is 9.91. The predicted molar refractivity (Wildman–Crippen MR) is 101 cm³/mol. The Hall–Kier alpha value is -0.260. The van der Waals surface area contributed by atoms with Crippen LogP contribution in [0.3, 0.4) is 0 Å². The molecule has 0 N–H and O–H groups in total. The van der Waals surface area contributed by atoms with E-state index in [1.165, 1.54) is 51.4 Å². The van der Waals surface area contributed by atoms with E-state index in [9.17, 15) is 0 Å². The van der Waals surface area contributed by atoms with Crippen molar-refractivity contribution in [1.82, 2.24) is 0 Å². The molecule has 0 bridgehead atoms. The van der Waals surface area contributed by atoms with Crippen LogP contribution >= 0.6 is 0 Å². The van der Waals surface area contributed by atoms with Gasteiger partial charge in [0.05, 0.1) is 0 Å². The summed E-state index contributed by atoms with van der Waals surface area (Å²) in [5.74, 6) is 1.76. The monoisotopic (exact) mass is 306 g/mol. The maximum absolute atomic E-state index is 4.08. The van der Waals surface area contributed by atoms with Gasteiger partial charge in [-0.15, -0.1) is 6.58 Å². The fourth-order valence-corrected chi connectivity index (χ4v) is 6.45. The first-order valence-corrected chi connectivity index (χ1v) is 9.91. The molecular formula is C22H42. The second kappa shape index (κ2) is 7.54. The van der Waals surface area contributed by atoms with Crippen molar-refractivity contribution in [2.45, 2.75) is 99.8 Å². The zero-order valence-electron chi connectivity index (χ0n) is 16.6. The van der Waals surface area contributed by atoms with Crippen molar-refractivity contribution in [2.75, 3.05) is 0 Å². The number of hydrogen-bond acceptors (Lipinski definition) is 0. The summed E-state index contributed by atoms with van der Waals surface area (Å²) >= 11 is 0. The molecule has 0 radical (unpaired) electrons. The van der Waals surface area contributed by atoms with E-state index < -0.39 is 0 Å². The first kappa shape index (κ1) is 19.8. The third-order valence-corrected chi connectivity index (χ3v) is 7.72. The molecule has 0 saturated heterocycles. The Morgan fingerprint density at radius 3 is 2.09 bits per heavy atom. The van der Waals surface area contributed by atoms with Gasteiger partial charge in [0, 0.05) is 0 Å². The third kappa shape index (κ3) is 3.04. The minimum absolute atomic E-state index is 0.395. The van der Waals surface area contributed by atoms with Crippen LogP contribution in [0.1, 0.15) is 99.8 Å². The highest BCUT2D eigenvalue weighted by molar-refractivity contribution is 5.10. The molecule has 1 rings (SSSR count). The Kier molecular flexibility index (Phi) is 6.78. The van der Waals surface area contributed by atoms with E-state index in [1.54, 1.807) is 0 Å². The highest BCUT2D eigenvalue weighted by Crippen LogP contribution is 2.68. The Bertz CT molecular complexity index is 347. The molecule has 0 heterocycles. The molecule has 0 nitrogen and oxygen atoms in total. The molecule has 22 heavy (non-hydrogen) atoms. The normalized spacial score (nSPS) is 29.2. The standard InChI is InChI=1S/C22H42/c1-9-14-16-21(11-3)17-18(6)19(21)20(7,8)22(12-4,13-5)15-10-2/h10,18-19H,2,9,11-17H2,1,3-8H3. The molecule has 1 saturated carbocycles. The van der Waals surface area contributed by atoms with Gasteiger partial charge >= 0.3 is 0 Å². The zero-order valence-corrected chi connectivity index (χ0v) is 16.6. The van der Waals surface area contributed by atoms with E-state index in [-0.39, 0.29) is 0 Å². The Labute approximate surface area is 141 Å². The van der Waals surface area contributed by atoms with E-state index in [1.807, 2.05) is 0 Å². The average molecular weight is 307 g/mol. The first-order chi connectivity index (χ1) is 10.3. The lowest BCUT2D eigenvalue weighted by atomic mass is 9.39. The SMILES string of the molecule is C=CCC(CC)(CC)C(C)(C)C1C(C)CC1(CC)CCCC. The smallest absolute Gasteiger partial charge is 0.0214 e. The molecule has 0 aromatic rings. The average Bonchev–Trinajstić information content (AvgIpc) is 2.47. The third-order valence-electron chi connectivity index (χ3n) is 7.72. The van der Waals surface area contributed by atoms with Crippen LogP contribution in [0, 0.1) is 28.1 Å². The minimum atomic E-state index is 0.395. The van der Waals surface area contributed by atoms with Crippen molar-refractivity contribution in [3.8, 4) is 0 Å². The Balaban J connectivity index is 3.18. The van der Waals surface area contributed by atoms with Gasteiger partial charge in [0.15, 0.2) is 0 Å². The maximum Gasteiger partial charge on any atom is -0.0214 e. The van der Waals surface area contributed by atoms with E-state index in [0.717, 1.165) is 11.8 Å². The summed E-state index contributed by atoms with van der Waals surface area (Å²) in [4.78, 5) is 0. The summed E-state index contributed by atoms with van der Waals surface area (Å²) in [6.07, 6.45) is 12.9. The Morgan fingerprint density at radius 1 is 1.14 bits per heavy atom. The summed E-state index contributed by atoms with van der Waals surface area (Å²) in [6, 6.07) is 0. The van der Waals surface area contributed by atoms with E-state index >= 15 is 0 Å². The van der Waals surface area contributed by atoms with Gasteiger partial charge in [0.2, 0.25) is 0 Å². The molecule has 0 aromatic carbocycles. The van der Waals surface area contributed by atoms with Crippen LogP contribution in [0.4, 0.5) is 0 Å². The van der Waals surface area contributed by atoms with Crippen LogP contribution in [0.2, 0.25) is 0 Å². The maximum atomic E-state index is 4.08. The molecule has 0 amide bonds. The summed E-state index contributed by atoms with van der Waals surface area (Å²) < 4.78 is 0. The fraction of sp³-hybridized carbons (Fsp3) is 0.909. The van der Waals surface area contributed by atoms with Crippen LogP contribution in [-0.4, -0.2) is 0 Å². The summed E-state index contributed by atoms with van der Waals surface area (Å²) in [6.45, 7) is 21.3. The molecule has 3 atom stereocenters. The molecule has 1 aliphatic rings. The largest absolute Gasteiger partial charge is 0.103 e. The number of hydrogen-bond donors (Lipinski definition) is 0. The molecule has 0 heteroatoms. The number of unbranched alkanes of at least 4 members (excludes halogenated alkanes) is 1. The van der Waals surface area contributed by atoms with Crippen LogP contribution in [0.5, 0.6) is 0 Å². The molecule has 0 spiro atoms. The topological polar surface area (TPSA) is 0 Å². The van der Waals surface area contributed by atoms with E-state index in [2.05, 4.69) is 61.1 Å². The van der Waals surface area contributed by atoms with E-state index in [4.69, 9.17) is 0 Å². The molecular weight excluding hydrogens is 264 g/mol. The van der Waals surface area contributed by atoms with Crippen LogP contribution in [-0.2, 0) is 0 Å². The second-order valence-electron chi connectivity index (χ2n) is 8.68. The van der Waals surface area contributed by atoms with Crippen molar-refractivity contribution >= 4 is 0 Å². The zero-order chi connectivity index (χ0) is 17.0. The molecule has 0 aliphatic heterocycles. The lowest BCUT2D eigenvalue weighted by Gasteiger charge is -2.66. The Morgan fingerprint density at radius 2 is 1.73 bits per heavy atom. The van der Waals surface area contributed by atoms with Gasteiger partial charge in [0.25, 0.3) is 0 Å². The van der Waals surface area contributed by atoms with Gasteiger partial charge in [0.1, 0.15) is 0 Å². The number of rotatable bonds is 10. The molecule has 1 fully saturated rings. The lowest BCUT2D eigenvalue weighted by Crippen LogP contribution is -2.58. The van der Waals surface area contributed by atoms with Crippen molar-refractivity contribution in [2.24, 2.45) is 28.1 Å². The van der Waals surface area contributed by atoms with Gasteiger partial charge in [-0.1, -0.05) is 73.8 Å². The van der Waals surface area contributed by atoms with Gasteiger partial charge in [-0.25, -0.2) is 0 Å². The fourth-order valence-electron chi connectivity index (χ4n) is 6.45. The lowest BCUT2D eigenvalue weighted by molar-refractivity contribution is -0.166. The van der Waals surface area contributed by atoms with Crippen molar-refractivity contribution in [3.05, 3.63) is 12.7 Å². The summed E-state index contributed by atoms with van der Waals surface area (Å²) in [5.41, 5.74) is 1.42. The minimum Gasteiger partial charge on any atom is -0.103 e. The molecule has 1 aliphatic carbocycles. The van der Waals surface area contributed by atoms with Gasteiger partial charge in [-0.3, -0.25) is 0 Å². The highest BCUT2D eigenvalue weighted by atomic mass is 14.6. The molecule has 3 unspecified atom stereocenters. The van der Waals surface area contributed by atoms with Crippen molar-refractivity contribution < 1.29 is 0 Å². The van der Waals surface area contributed by atoms with Crippen LogP contribution in [0.15, 0.2) is 12.7 Å². The van der Waals surface area contributed by atoms with Gasteiger partial charge in [-0.05, 0) is 60.2 Å². The van der Waals surface area contributed by atoms with Crippen molar-refractivity contribution in [3.63, 3.8) is 0 Å². The molecule has 0 aromatic heterocycles. The second-order valence-corrected chi connectivity index (χ2v) is 8.68. The van der Waals surface area contributed by atoms with Gasteiger partial charge in [-0.2, -0.15) is 0 Å². The highest BCUT2D eigenvalue weighted by Gasteiger charge is 2.60. The van der Waals surface area contributed by atoms with Crippen molar-refractivity contribution in [1.29, 1.82) is 0 Å². The van der Waals surface area contributed by atoms with Crippen LogP contribution < -0.4 is 0 Å².